The van der Waals surface area contributed by atoms with E-state index in [4.69, 9.17) is 16.9 Å². The van der Waals surface area contributed by atoms with Crippen LogP contribution < -0.4 is 4.72 Å². The van der Waals surface area contributed by atoms with E-state index in [9.17, 15) is 26.4 Å². The number of hydrogen-bond donors (Lipinski definition) is 1. The normalized spacial score (nSPS) is 12.0. The van der Waals surface area contributed by atoms with Crippen LogP contribution in [0, 0.1) is 11.3 Å². The van der Waals surface area contributed by atoms with Crippen molar-refractivity contribution in [2.24, 2.45) is 0 Å². The Bertz CT molecular complexity index is 1060. The molecule has 1 amide bonds. The zero-order chi connectivity index (χ0) is 20.2. The fourth-order valence-corrected chi connectivity index (χ4v) is 3.41. The van der Waals surface area contributed by atoms with Gasteiger partial charge in [-0.1, -0.05) is 23.7 Å². The average Bonchev–Trinajstić information content (AvgIpc) is 2.58. The SMILES string of the molecule is N#Cc1ccc(S(=O)(=O)NC(=O)/C=C/c2cccc(Cl)c2)c(C(F)(F)F)c1. The van der Waals surface area contributed by atoms with Gasteiger partial charge in [-0.05, 0) is 42.0 Å². The predicted octanol–water partition coefficient (Wildman–Crippen LogP) is 3.75. The number of carbonyl (C=O) groups excluding carboxylic acids is 1. The Balaban J connectivity index is 2.31. The van der Waals surface area contributed by atoms with Gasteiger partial charge in [-0.15, -0.1) is 0 Å². The number of hydrogen-bond acceptors (Lipinski definition) is 4. The number of amides is 1. The smallest absolute Gasteiger partial charge is 0.269 e. The van der Waals surface area contributed by atoms with Crippen LogP contribution in [-0.4, -0.2) is 14.3 Å². The molecule has 2 aromatic rings. The van der Waals surface area contributed by atoms with Gasteiger partial charge < -0.3 is 0 Å². The summed E-state index contributed by atoms with van der Waals surface area (Å²) in [5.74, 6) is -1.15. The molecule has 2 aromatic carbocycles. The van der Waals surface area contributed by atoms with Gasteiger partial charge in [0, 0.05) is 11.1 Å². The lowest BCUT2D eigenvalue weighted by molar-refractivity contribution is -0.140. The molecule has 0 heterocycles. The monoisotopic (exact) mass is 414 g/mol. The van der Waals surface area contributed by atoms with E-state index in [1.165, 1.54) is 22.9 Å². The number of nitrogens with zero attached hydrogens (tertiary/aromatic N) is 1. The van der Waals surface area contributed by atoms with E-state index in [0.29, 0.717) is 22.7 Å². The van der Waals surface area contributed by atoms with Gasteiger partial charge in [0.15, 0.2) is 0 Å². The molecular weight excluding hydrogens is 405 g/mol. The van der Waals surface area contributed by atoms with Crippen molar-refractivity contribution in [3.05, 3.63) is 70.3 Å². The third-order valence-corrected chi connectivity index (χ3v) is 4.85. The fraction of sp³-hybridized carbons (Fsp3) is 0.0588. The quantitative estimate of drug-likeness (QED) is 0.772. The molecule has 5 nitrogen and oxygen atoms in total. The highest BCUT2D eigenvalue weighted by molar-refractivity contribution is 7.90. The van der Waals surface area contributed by atoms with Crippen LogP contribution in [0.1, 0.15) is 16.7 Å². The summed E-state index contributed by atoms with van der Waals surface area (Å²) in [6.07, 6.45) is -2.93. The van der Waals surface area contributed by atoms with Crippen LogP contribution in [0.2, 0.25) is 5.02 Å². The van der Waals surface area contributed by atoms with Crippen molar-refractivity contribution >= 4 is 33.6 Å². The molecule has 1 N–H and O–H groups in total. The Morgan fingerprint density at radius 3 is 2.48 bits per heavy atom. The van der Waals surface area contributed by atoms with E-state index in [0.717, 1.165) is 12.1 Å². The van der Waals surface area contributed by atoms with Crippen molar-refractivity contribution in [2.45, 2.75) is 11.1 Å². The first-order valence-corrected chi connectivity index (χ1v) is 9.01. The standard InChI is InChI=1S/C17H10ClF3N2O3S/c18-13-3-1-2-11(8-13)5-7-16(24)23-27(25,26)15-6-4-12(10-22)9-14(15)17(19,20)21/h1-9H,(H,23,24)/b7-5+. The van der Waals surface area contributed by atoms with E-state index >= 15 is 0 Å². The Morgan fingerprint density at radius 2 is 1.89 bits per heavy atom. The fourth-order valence-electron chi connectivity index (χ4n) is 2.06. The second-order valence-electron chi connectivity index (χ2n) is 5.18. The van der Waals surface area contributed by atoms with Crippen molar-refractivity contribution in [3.63, 3.8) is 0 Å². The van der Waals surface area contributed by atoms with Gasteiger partial charge in [-0.25, -0.2) is 13.1 Å². The lowest BCUT2D eigenvalue weighted by atomic mass is 10.1. The number of rotatable bonds is 4. The maximum atomic E-state index is 13.1. The number of carbonyl (C=O) groups is 1. The van der Waals surface area contributed by atoms with Gasteiger partial charge >= 0.3 is 6.18 Å². The second kappa shape index (κ2) is 7.82. The van der Waals surface area contributed by atoms with Crippen LogP contribution in [0.25, 0.3) is 6.08 Å². The van der Waals surface area contributed by atoms with Crippen molar-refractivity contribution in [1.29, 1.82) is 5.26 Å². The third kappa shape index (κ3) is 5.32. The molecule has 0 aliphatic rings. The molecule has 2 rings (SSSR count). The number of alkyl halides is 3. The molecule has 0 bridgehead atoms. The highest BCUT2D eigenvalue weighted by Gasteiger charge is 2.37. The first kappa shape index (κ1) is 20.5. The van der Waals surface area contributed by atoms with Gasteiger partial charge in [0.05, 0.1) is 22.1 Å². The molecule has 0 aliphatic heterocycles. The molecule has 0 fully saturated rings. The van der Waals surface area contributed by atoms with Crippen LogP contribution in [0.3, 0.4) is 0 Å². The van der Waals surface area contributed by atoms with Crippen LogP contribution in [-0.2, 0) is 21.0 Å². The molecule has 0 unspecified atom stereocenters. The lowest BCUT2D eigenvalue weighted by Crippen LogP contribution is -2.30. The Hall–Kier alpha value is -2.83. The largest absolute Gasteiger partial charge is 0.417 e. The summed E-state index contributed by atoms with van der Waals surface area (Å²) in [7, 11) is -4.82. The molecule has 140 valence electrons. The predicted molar refractivity (Wildman–Crippen MR) is 92.0 cm³/mol. The number of benzene rings is 2. The summed E-state index contributed by atoms with van der Waals surface area (Å²) in [4.78, 5) is 10.7. The summed E-state index contributed by atoms with van der Waals surface area (Å²) in [5.41, 5.74) is -1.42. The van der Waals surface area contributed by atoms with Gasteiger partial charge in [-0.3, -0.25) is 4.79 Å². The number of nitriles is 1. The molecule has 0 radical (unpaired) electrons. The van der Waals surface area contributed by atoms with E-state index in [1.54, 1.807) is 18.2 Å². The molecular formula is C17H10ClF3N2O3S. The van der Waals surface area contributed by atoms with Gasteiger partial charge in [0.1, 0.15) is 0 Å². The van der Waals surface area contributed by atoms with Crippen LogP contribution >= 0.6 is 11.6 Å². The minimum atomic E-state index is -5.03. The Kier molecular flexibility index (Phi) is 5.93. The van der Waals surface area contributed by atoms with Crippen molar-refractivity contribution in [1.82, 2.24) is 4.72 Å². The second-order valence-corrected chi connectivity index (χ2v) is 7.27. The first-order valence-electron chi connectivity index (χ1n) is 7.15. The Morgan fingerprint density at radius 1 is 1.19 bits per heavy atom. The topological polar surface area (TPSA) is 87.0 Å². The molecule has 0 aliphatic carbocycles. The highest BCUT2D eigenvalue weighted by atomic mass is 35.5. The maximum absolute atomic E-state index is 13.1. The van der Waals surface area contributed by atoms with Gasteiger partial charge in [0.25, 0.3) is 15.9 Å². The lowest BCUT2D eigenvalue weighted by Gasteiger charge is -2.13. The molecule has 0 atom stereocenters. The van der Waals surface area contributed by atoms with Crippen LogP contribution in [0.5, 0.6) is 0 Å². The summed E-state index contributed by atoms with van der Waals surface area (Å²) < 4.78 is 65.3. The van der Waals surface area contributed by atoms with E-state index in [2.05, 4.69) is 0 Å². The third-order valence-electron chi connectivity index (χ3n) is 3.21. The van der Waals surface area contributed by atoms with E-state index in [-0.39, 0.29) is 5.56 Å². The average molecular weight is 415 g/mol. The minimum Gasteiger partial charge on any atom is -0.269 e. The van der Waals surface area contributed by atoms with Crippen LogP contribution in [0.4, 0.5) is 13.2 Å². The molecule has 0 saturated heterocycles. The number of nitrogens with one attached hydrogen (secondary N) is 1. The first-order chi connectivity index (χ1) is 12.5. The number of halogens is 4. The van der Waals surface area contributed by atoms with Crippen LogP contribution in [0.15, 0.2) is 53.4 Å². The maximum Gasteiger partial charge on any atom is 0.417 e. The Labute approximate surface area is 157 Å². The highest BCUT2D eigenvalue weighted by Crippen LogP contribution is 2.34. The zero-order valence-corrected chi connectivity index (χ0v) is 14.9. The van der Waals surface area contributed by atoms with Crippen molar-refractivity contribution in [2.75, 3.05) is 0 Å². The molecule has 10 heteroatoms. The van der Waals surface area contributed by atoms with Gasteiger partial charge in [-0.2, -0.15) is 18.4 Å². The zero-order valence-electron chi connectivity index (χ0n) is 13.3. The molecule has 0 aromatic heterocycles. The van der Waals surface area contributed by atoms with Crippen molar-refractivity contribution < 1.29 is 26.4 Å². The minimum absolute atomic E-state index is 0.367. The van der Waals surface area contributed by atoms with Gasteiger partial charge in [0.2, 0.25) is 0 Å². The van der Waals surface area contributed by atoms with E-state index in [1.807, 2.05) is 0 Å². The molecule has 27 heavy (non-hydrogen) atoms. The summed E-state index contributed by atoms with van der Waals surface area (Å²) >= 11 is 5.77. The van der Waals surface area contributed by atoms with E-state index < -0.39 is 32.6 Å². The summed E-state index contributed by atoms with van der Waals surface area (Å²) in [5, 5.41) is 9.10. The number of sulfonamides is 1. The molecule has 0 saturated carbocycles. The molecule has 0 spiro atoms. The summed E-state index contributed by atoms with van der Waals surface area (Å²) in [6.45, 7) is 0. The van der Waals surface area contributed by atoms with Crippen molar-refractivity contribution in [3.8, 4) is 6.07 Å². The summed E-state index contributed by atoms with van der Waals surface area (Å²) in [6, 6.07) is 9.72.